The second kappa shape index (κ2) is 7.63. The quantitative estimate of drug-likeness (QED) is 0.721. The summed E-state index contributed by atoms with van der Waals surface area (Å²) in [6, 6.07) is 6.00. The van der Waals surface area contributed by atoms with E-state index < -0.39 is 6.36 Å². The number of alkyl halides is 3. The third kappa shape index (κ3) is 4.43. The molecule has 0 unspecified atom stereocenters. The van der Waals surface area contributed by atoms with E-state index in [0.717, 1.165) is 0 Å². The van der Waals surface area contributed by atoms with Crippen molar-refractivity contribution < 1.29 is 17.9 Å². The number of para-hydroxylation sites is 1. The van der Waals surface area contributed by atoms with E-state index in [2.05, 4.69) is 24.7 Å². The summed E-state index contributed by atoms with van der Waals surface area (Å²) >= 11 is 0. The molecule has 0 bridgehead atoms. The number of hydrogen-bond donors (Lipinski definition) is 1. The lowest BCUT2D eigenvalue weighted by molar-refractivity contribution is -0.275. The Bertz CT molecular complexity index is 1070. The van der Waals surface area contributed by atoms with Crippen LogP contribution in [0, 0.1) is 0 Å². The van der Waals surface area contributed by atoms with Crippen LogP contribution in [-0.2, 0) is 19.5 Å². The molecule has 1 N–H and O–H groups in total. The first kappa shape index (κ1) is 19.1. The Morgan fingerprint density at radius 1 is 1.17 bits per heavy atom. The molecule has 0 saturated carbocycles. The topological polar surface area (TPSA) is 84.0 Å². The van der Waals surface area contributed by atoms with Crippen LogP contribution >= 0.6 is 0 Å². The predicted molar refractivity (Wildman–Crippen MR) is 96.8 cm³/mol. The van der Waals surface area contributed by atoms with Gasteiger partial charge in [0, 0.05) is 44.0 Å². The monoisotopic (exact) mass is 403 g/mol. The van der Waals surface area contributed by atoms with Crippen LogP contribution in [-0.4, -0.2) is 37.7 Å². The number of nitrogens with zero attached hydrogens (tertiary/aromatic N) is 4. The fraction of sp³-hybridized carbons (Fsp3) is 0.263. The van der Waals surface area contributed by atoms with Crippen LogP contribution in [0.2, 0.25) is 0 Å². The van der Waals surface area contributed by atoms with Crippen molar-refractivity contribution in [2.75, 3.05) is 6.54 Å². The van der Waals surface area contributed by atoms with Gasteiger partial charge < -0.3 is 9.72 Å². The summed E-state index contributed by atoms with van der Waals surface area (Å²) in [5, 5.41) is 0. The molecule has 0 saturated heterocycles. The van der Waals surface area contributed by atoms with E-state index in [1.807, 2.05) is 4.90 Å². The molecular formula is C19H16F3N5O2. The maximum absolute atomic E-state index is 12.6. The largest absolute Gasteiger partial charge is 0.573 e. The van der Waals surface area contributed by atoms with Gasteiger partial charge in [-0.15, -0.1) is 13.2 Å². The first-order chi connectivity index (χ1) is 13.9. The minimum atomic E-state index is -4.76. The van der Waals surface area contributed by atoms with Crippen LogP contribution in [0.1, 0.15) is 16.8 Å². The predicted octanol–water partition coefficient (Wildman–Crippen LogP) is 2.68. The molecule has 0 fully saturated rings. The van der Waals surface area contributed by atoms with Gasteiger partial charge in [0.15, 0.2) is 0 Å². The maximum Gasteiger partial charge on any atom is 0.573 e. The lowest BCUT2D eigenvalue weighted by atomic mass is 10.1. The zero-order valence-electron chi connectivity index (χ0n) is 15.1. The standard InChI is InChI=1S/C19H16F3N5O2/c20-19(21,22)29-16-4-2-1-3-12(16)9-27-6-5-15-14(10-27)18(28)26-17(25-15)13-7-23-11-24-8-13/h1-4,7-8,11H,5-6,9-10H2,(H,25,26,28). The molecular weight excluding hydrogens is 387 g/mol. The molecule has 150 valence electrons. The smallest absolute Gasteiger partial charge is 0.405 e. The zero-order chi connectivity index (χ0) is 20.4. The summed E-state index contributed by atoms with van der Waals surface area (Å²) < 4.78 is 42.0. The molecule has 4 rings (SSSR count). The molecule has 3 aromatic rings. The van der Waals surface area contributed by atoms with E-state index in [1.165, 1.54) is 18.5 Å². The van der Waals surface area contributed by atoms with E-state index in [-0.39, 0.29) is 24.4 Å². The highest BCUT2D eigenvalue weighted by Crippen LogP contribution is 2.28. The molecule has 1 aliphatic heterocycles. The summed E-state index contributed by atoms with van der Waals surface area (Å²) in [6.07, 6.45) is 0.248. The van der Waals surface area contributed by atoms with E-state index in [4.69, 9.17) is 0 Å². The van der Waals surface area contributed by atoms with Gasteiger partial charge in [0.1, 0.15) is 17.9 Å². The highest BCUT2D eigenvalue weighted by Gasteiger charge is 2.32. The summed E-state index contributed by atoms with van der Waals surface area (Å²) in [6.45, 7) is 1.05. The fourth-order valence-corrected chi connectivity index (χ4v) is 3.27. The van der Waals surface area contributed by atoms with E-state index in [1.54, 1.807) is 24.5 Å². The van der Waals surface area contributed by atoms with Crippen LogP contribution in [0.5, 0.6) is 5.75 Å². The van der Waals surface area contributed by atoms with Crippen LogP contribution in [0.4, 0.5) is 13.2 Å². The second-order valence-electron chi connectivity index (χ2n) is 6.58. The molecule has 0 radical (unpaired) electrons. The number of H-pyrrole nitrogens is 1. The van der Waals surface area contributed by atoms with Crippen LogP contribution in [0.3, 0.4) is 0 Å². The SMILES string of the molecule is O=c1[nH]c(-c2cncnc2)nc2c1CN(Cc1ccccc1OC(F)(F)F)CC2. The van der Waals surface area contributed by atoms with Crippen LogP contribution < -0.4 is 10.3 Å². The third-order valence-electron chi connectivity index (χ3n) is 4.57. The van der Waals surface area contributed by atoms with Crippen molar-refractivity contribution in [2.45, 2.75) is 25.9 Å². The average molecular weight is 403 g/mol. The number of aromatic amines is 1. The number of halogens is 3. The molecule has 29 heavy (non-hydrogen) atoms. The summed E-state index contributed by atoms with van der Waals surface area (Å²) in [4.78, 5) is 29.6. The minimum Gasteiger partial charge on any atom is -0.405 e. The van der Waals surface area contributed by atoms with Crippen molar-refractivity contribution in [3.63, 3.8) is 0 Å². The zero-order valence-corrected chi connectivity index (χ0v) is 15.1. The van der Waals surface area contributed by atoms with Gasteiger partial charge >= 0.3 is 6.36 Å². The Balaban J connectivity index is 1.55. The molecule has 3 heterocycles. The molecule has 0 aliphatic carbocycles. The number of fused-ring (bicyclic) bond motifs is 1. The molecule has 1 aliphatic rings. The third-order valence-corrected chi connectivity index (χ3v) is 4.57. The van der Waals surface area contributed by atoms with Crippen LogP contribution in [0.15, 0.2) is 47.8 Å². The van der Waals surface area contributed by atoms with Gasteiger partial charge in [-0.05, 0) is 6.07 Å². The number of rotatable bonds is 4. The molecule has 0 spiro atoms. The fourth-order valence-electron chi connectivity index (χ4n) is 3.27. The average Bonchev–Trinajstić information content (AvgIpc) is 2.69. The van der Waals surface area contributed by atoms with Gasteiger partial charge in [0.2, 0.25) is 0 Å². The molecule has 10 heteroatoms. The van der Waals surface area contributed by atoms with E-state index in [0.29, 0.717) is 41.2 Å². The van der Waals surface area contributed by atoms with Crippen molar-refractivity contribution in [3.8, 4) is 17.1 Å². The van der Waals surface area contributed by atoms with E-state index >= 15 is 0 Å². The van der Waals surface area contributed by atoms with Crippen molar-refractivity contribution in [3.05, 3.63) is 70.2 Å². The normalized spacial score (nSPS) is 14.4. The number of benzene rings is 1. The number of hydrogen-bond acceptors (Lipinski definition) is 6. The Morgan fingerprint density at radius 2 is 1.93 bits per heavy atom. The van der Waals surface area contributed by atoms with Crippen LogP contribution in [0.25, 0.3) is 11.4 Å². The number of ether oxygens (including phenoxy) is 1. The summed E-state index contributed by atoms with van der Waals surface area (Å²) in [7, 11) is 0. The van der Waals surface area contributed by atoms with Crippen molar-refractivity contribution in [1.82, 2.24) is 24.8 Å². The Morgan fingerprint density at radius 3 is 2.69 bits per heavy atom. The van der Waals surface area contributed by atoms with Gasteiger partial charge in [-0.25, -0.2) is 15.0 Å². The van der Waals surface area contributed by atoms with Gasteiger partial charge in [-0.2, -0.15) is 0 Å². The molecule has 7 nitrogen and oxygen atoms in total. The van der Waals surface area contributed by atoms with E-state index in [9.17, 15) is 18.0 Å². The molecule has 1 aromatic carbocycles. The Labute approximate surface area is 163 Å². The van der Waals surface area contributed by atoms with Gasteiger partial charge in [0.05, 0.1) is 16.8 Å². The molecule has 0 atom stereocenters. The number of nitrogens with one attached hydrogen (secondary N) is 1. The lowest BCUT2D eigenvalue weighted by Gasteiger charge is -2.28. The first-order valence-electron chi connectivity index (χ1n) is 8.82. The summed E-state index contributed by atoms with van der Waals surface area (Å²) in [5.41, 5.74) is 1.90. The van der Waals surface area contributed by atoms with Gasteiger partial charge in [-0.3, -0.25) is 9.69 Å². The maximum atomic E-state index is 12.6. The minimum absolute atomic E-state index is 0.222. The highest BCUT2D eigenvalue weighted by molar-refractivity contribution is 5.52. The van der Waals surface area contributed by atoms with Crippen molar-refractivity contribution in [1.29, 1.82) is 0 Å². The Kier molecular flexibility index (Phi) is 5.01. The van der Waals surface area contributed by atoms with Gasteiger partial charge in [-0.1, -0.05) is 18.2 Å². The number of aromatic nitrogens is 4. The molecule has 2 aromatic heterocycles. The van der Waals surface area contributed by atoms with Crippen molar-refractivity contribution >= 4 is 0 Å². The summed E-state index contributed by atoms with van der Waals surface area (Å²) in [5.74, 6) is 0.156. The van der Waals surface area contributed by atoms with Crippen molar-refractivity contribution in [2.24, 2.45) is 0 Å². The second-order valence-corrected chi connectivity index (χ2v) is 6.58. The highest BCUT2D eigenvalue weighted by atomic mass is 19.4. The lowest BCUT2D eigenvalue weighted by Crippen LogP contribution is -2.35. The van der Waals surface area contributed by atoms with Gasteiger partial charge in [0.25, 0.3) is 5.56 Å². The molecule has 0 amide bonds. The first-order valence-corrected chi connectivity index (χ1v) is 8.82. The Hall–Kier alpha value is -3.27.